The van der Waals surface area contributed by atoms with E-state index in [1.165, 1.54) is 6.07 Å². The first kappa shape index (κ1) is 12.3. The molecule has 0 aliphatic rings. The molecule has 0 spiro atoms. The van der Waals surface area contributed by atoms with E-state index < -0.39 is 11.8 Å². The first-order chi connectivity index (χ1) is 8.56. The number of carbonyl (C=O) groups is 1. The van der Waals surface area contributed by atoms with Gasteiger partial charge in [-0.1, -0.05) is 17.7 Å². The molecule has 0 saturated carbocycles. The molecular weight excluding hydrogens is 261 g/mol. The van der Waals surface area contributed by atoms with E-state index in [4.69, 9.17) is 21.4 Å². The molecule has 0 fully saturated rings. The molecule has 0 bridgehead atoms. The summed E-state index contributed by atoms with van der Waals surface area (Å²) in [6.45, 7) is 0. The zero-order valence-corrected chi connectivity index (χ0v) is 9.69. The van der Waals surface area contributed by atoms with Crippen molar-refractivity contribution in [2.45, 2.75) is 0 Å². The summed E-state index contributed by atoms with van der Waals surface area (Å²) in [5.41, 5.74) is -0.352. The lowest BCUT2D eigenvalue weighted by atomic mass is 10.2. The second kappa shape index (κ2) is 5.01. The third-order valence-corrected chi connectivity index (χ3v) is 2.29. The maximum absolute atomic E-state index is 12.9. The number of hydrogen-bond acceptors (Lipinski definition) is 3. The Morgan fingerprint density at radius 3 is 2.83 bits per heavy atom. The SMILES string of the molecule is O=C(O)c1cc(F)cnc1Oc1cccc(Cl)c1. The zero-order chi connectivity index (χ0) is 13.1. The van der Waals surface area contributed by atoms with Gasteiger partial charge >= 0.3 is 5.97 Å². The van der Waals surface area contributed by atoms with Crippen LogP contribution in [-0.2, 0) is 0 Å². The van der Waals surface area contributed by atoms with Crippen LogP contribution in [0.5, 0.6) is 11.6 Å². The van der Waals surface area contributed by atoms with E-state index in [1.807, 2.05) is 0 Å². The van der Waals surface area contributed by atoms with E-state index >= 15 is 0 Å². The molecule has 1 aromatic carbocycles. The summed E-state index contributed by atoms with van der Waals surface area (Å²) in [7, 11) is 0. The number of rotatable bonds is 3. The summed E-state index contributed by atoms with van der Waals surface area (Å²) in [4.78, 5) is 14.5. The van der Waals surface area contributed by atoms with Crippen LogP contribution in [0.1, 0.15) is 10.4 Å². The quantitative estimate of drug-likeness (QED) is 0.926. The Kier molecular flexibility index (Phi) is 3.43. The highest BCUT2D eigenvalue weighted by atomic mass is 35.5. The Balaban J connectivity index is 2.37. The summed E-state index contributed by atoms with van der Waals surface area (Å²) in [6.07, 6.45) is 0.881. The van der Waals surface area contributed by atoms with Gasteiger partial charge in [-0.15, -0.1) is 0 Å². The summed E-state index contributed by atoms with van der Waals surface area (Å²) in [6, 6.07) is 7.21. The molecule has 1 aromatic heterocycles. The number of benzene rings is 1. The van der Waals surface area contributed by atoms with Gasteiger partial charge in [0, 0.05) is 5.02 Å². The molecule has 92 valence electrons. The van der Waals surface area contributed by atoms with E-state index in [2.05, 4.69) is 4.98 Å². The van der Waals surface area contributed by atoms with E-state index in [1.54, 1.807) is 18.2 Å². The third kappa shape index (κ3) is 2.75. The van der Waals surface area contributed by atoms with Gasteiger partial charge in [-0.25, -0.2) is 14.2 Å². The van der Waals surface area contributed by atoms with Crippen LogP contribution < -0.4 is 4.74 Å². The largest absolute Gasteiger partial charge is 0.477 e. The van der Waals surface area contributed by atoms with Gasteiger partial charge in [0.15, 0.2) is 0 Å². The van der Waals surface area contributed by atoms with E-state index in [0.717, 1.165) is 12.3 Å². The minimum atomic E-state index is -1.32. The molecular formula is C12H7ClFNO3. The van der Waals surface area contributed by atoms with Crippen molar-refractivity contribution < 1.29 is 19.0 Å². The highest BCUT2D eigenvalue weighted by Crippen LogP contribution is 2.25. The summed E-state index contributed by atoms with van der Waals surface area (Å²) in [5, 5.41) is 9.35. The lowest BCUT2D eigenvalue weighted by Gasteiger charge is -2.07. The summed E-state index contributed by atoms with van der Waals surface area (Å²) in [5.74, 6) is -1.93. The second-order valence-corrected chi connectivity index (χ2v) is 3.81. The van der Waals surface area contributed by atoms with Crippen LogP contribution >= 0.6 is 11.6 Å². The number of aromatic nitrogens is 1. The average molecular weight is 268 g/mol. The molecule has 2 rings (SSSR count). The fourth-order valence-electron chi connectivity index (χ4n) is 1.30. The minimum absolute atomic E-state index is 0.189. The highest BCUT2D eigenvalue weighted by Gasteiger charge is 2.15. The average Bonchev–Trinajstić information content (AvgIpc) is 2.31. The molecule has 0 aliphatic heterocycles. The second-order valence-electron chi connectivity index (χ2n) is 3.37. The monoisotopic (exact) mass is 267 g/mol. The molecule has 0 atom stereocenters. The van der Waals surface area contributed by atoms with Gasteiger partial charge in [0.2, 0.25) is 5.88 Å². The van der Waals surface area contributed by atoms with Gasteiger partial charge < -0.3 is 9.84 Å². The van der Waals surface area contributed by atoms with E-state index in [9.17, 15) is 9.18 Å². The number of hydrogen-bond donors (Lipinski definition) is 1. The summed E-state index contributed by atoms with van der Waals surface area (Å²) < 4.78 is 18.2. The van der Waals surface area contributed by atoms with Crippen molar-refractivity contribution in [2.24, 2.45) is 0 Å². The van der Waals surface area contributed by atoms with E-state index in [0.29, 0.717) is 10.8 Å². The van der Waals surface area contributed by atoms with Gasteiger partial charge in [0.1, 0.15) is 17.1 Å². The smallest absolute Gasteiger partial charge is 0.341 e. The van der Waals surface area contributed by atoms with Crippen LogP contribution in [0.2, 0.25) is 5.02 Å². The maximum Gasteiger partial charge on any atom is 0.341 e. The Morgan fingerprint density at radius 1 is 1.39 bits per heavy atom. The summed E-state index contributed by atoms with van der Waals surface area (Å²) >= 11 is 5.76. The number of pyridine rings is 1. The fourth-order valence-corrected chi connectivity index (χ4v) is 1.48. The van der Waals surface area contributed by atoms with Crippen LogP contribution in [-0.4, -0.2) is 16.1 Å². The first-order valence-electron chi connectivity index (χ1n) is 4.88. The predicted octanol–water partition coefficient (Wildman–Crippen LogP) is 3.36. The van der Waals surface area contributed by atoms with Crippen LogP contribution in [0.3, 0.4) is 0 Å². The maximum atomic E-state index is 12.9. The lowest BCUT2D eigenvalue weighted by molar-refractivity contribution is 0.0692. The molecule has 4 nitrogen and oxygen atoms in total. The minimum Gasteiger partial charge on any atom is -0.477 e. The van der Waals surface area contributed by atoms with Crippen molar-refractivity contribution in [1.82, 2.24) is 4.98 Å². The zero-order valence-electron chi connectivity index (χ0n) is 8.93. The Labute approximate surface area is 107 Å². The number of ether oxygens (including phenoxy) is 1. The number of halogens is 2. The van der Waals surface area contributed by atoms with Crippen LogP contribution in [0.4, 0.5) is 4.39 Å². The topological polar surface area (TPSA) is 59.4 Å². The van der Waals surface area contributed by atoms with Gasteiger partial charge in [-0.3, -0.25) is 0 Å². The van der Waals surface area contributed by atoms with Crippen LogP contribution in [0.25, 0.3) is 0 Å². The molecule has 0 amide bonds. The molecule has 6 heteroatoms. The van der Waals surface area contributed by atoms with Gasteiger partial charge in [0.25, 0.3) is 0 Å². The Morgan fingerprint density at radius 2 is 2.17 bits per heavy atom. The molecule has 0 unspecified atom stereocenters. The third-order valence-electron chi connectivity index (χ3n) is 2.06. The molecule has 0 radical (unpaired) electrons. The van der Waals surface area contributed by atoms with Gasteiger partial charge in [-0.05, 0) is 24.3 Å². The van der Waals surface area contributed by atoms with Crippen molar-refractivity contribution in [2.75, 3.05) is 0 Å². The molecule has 1 heterocycles. The van der Waals surface area contributed by atoms with Crippen molar-refractivity contribution in [3.8, 4) is 11.6 Å². The molecule has 0 saturated heterocycles. The normalized spacial score (nSPS) is 10.1. The number of carboxylic acids is 1. The number of nitrogens with zero attached hydrogens (tertiary/aromatic N) is 1. The molecule has 0 aliphatic carbocycles. The van der Waals surface area contributed by atoms with Crippen molar-refractivity contribution in [3.63, 3.8) is 0 Å². The number of carboxylic acid groups (broad SMARTS) is 1. The fraction of sp³-hybridized carbons (Fsp3) is 0. The molecule has 18 heavy (non-hydrogen) atoms. The molecule has 1 N–H and O–H groups in total. The predicted molar refractivity (Wildman–Crippen MR) is 62.7 cm³/mol. The van der Waals surface area contributed by atoms with Crippen LogP contribution in [0, 0.1) is 5.82 Å². The van der Waals surface area contributed by atoms with Crippen LogP contribution in [0.15, 0.2) is 36.5 Å². The van der Waals surface area contributed by atoms with Crippen molar-refractivity contribution in [1.29, 1.82) is 0 Å². The highest BCUT2D eigenvalue weighted by molar-refractivity contribution is 6.30. The molecule has 2 aromatic rings. The lowest BCUT2D eigenvalue weighted by Crippen LogP contribution is -2.02. The Hall–Kier alpha value is -2.14. The van der Waals surface area contributed by atoms with Crippen molar-refractivity contribution in [3.05, 3.63) is 52.9 Å². The number of aromatic carboxylic acids is 1. The van der Waals surface area contributed by atoms with Gasteiger partial charge in [-0.2, -0.15) is 0 Å². The van der Waals surface area contributed by atoms with Crippen molar-refractivity contribution >= 4 is 17.6 Å². The standard InChI is InChI=1S/C12H7ClFNO3/c13-7-2-1-3-9(4-7)18-11-10(12(16)17)5-8(14)6-15-11/h1-6H,(H,16,17). The van der Waals surface area contributed by atoms with E-state index in [-0.39, 0.29) is 11.4 Å². The van der Waals surface area contributed by atoms with Gasteiger partial charge in [0.05, 0.1) is 6.20 Å². The Bertz CT molecular complexity index is 604. The first-order valence-corrected chi connectivity index (χ1v) is 5.26.